The first-order valence-electron chi connectivity index (χ1n) is 9.52. The molecule has 0 saturated carbocycles. The number of aromatic hydroxyl groups is 1. The van der Waals surface area contributed by atoms with E-state index in [1.165, 1.54) is 17.0 Å². The molecule has 3 rings (SSSR count). The summed E-state index contributed by atoms with van der Waals surface area (Å²) in [6.07, 6.45) is -0.429. The number of thiophene rings is 1. The van der Waals surface area contributed by atoms with Gasteiger partial charge in [0.1, 0.15) is 31.7 Å². The predicted molar refractivity (Wildman–Crippen MR) is 129 cm³/mol. The van der Waals surface area contributed by atoms with Crippen molar-refractivity contribution in [2.75, 3.05) is 17.8 Å². The number of ether oxygens (including phenoxy) is 2. The normalized spacial score (nSPS) is 16.2. The third-order valence-corrected chi connectivity index (χ3v) is 7.79. The van der Waals surface area contributed by atoms with Gasteiger partial charge < -0.3 is 24.2 Å². The number of hydrogen-bond donors (Lipinski definition) is 2. The Balaban J connectivity index is 1.57. The molecule has 174 valence electrons. The third-order valence-electron chi connectivity index (χ3n) is 4.29. The van der Waals surface area contributed by atoms with Crippen LogP contribution >= 0.6 is 58.1 Å². The lowest BCUT2D eigenvalue weighted by molar-refractivity contribution is 0.0190. The van der Waals surface area contributed by atoms with Crippen molar-refractivity contribution >= 4 is 75.8 Å². The molecule has 1 aromatic carbocycles. The van der Waals surface area contributed by atoms with E-state index in [2.05, 4.69) is 4.72 Å². The highest BCUT2D eigenvalue weighted by Gasteiger charge is 2.32. The number of likely N-dealkylation sites (tertiary alicyclic amines) is 1. The molecule has 1 aromatic heterocycles. The molecule has 1 unspecified atom stereocenters. The van der Waals surface area contributed by atoms with Crippen LogP contribution in [-0.4, -0.2) is 46.9 Å². The Kier molecular flexibility index (Phi) is 7.98. The first-order valence-corrected chi connectivity index (χ1v) is 12.3. The fraction of sp³-hybridized carbons (Fsp3) is 0.400. The molecular formula is C20H21Cl3N2O5S2. The van der Waals surface area contributed by atoms with Gasteiger partial charge in [-0.15, -0.1) is 11.3 Å². The Bertz CT molecular complexity index is 1030. The largest absolute Gasteiger partial charge is 0.507 e. The Morgan fingerprint density at radius 3 is 2.56 bits per heavy atom. The zero-order valence-corrected chi connectivity index (χ0v) is 21.3. The Morgan fingerprint density at radius 1 is 1.25 bits per heavy atom. The monoisotopic (exact) mass is 538 g/mol. The second kappa shape index (κ2) is 10.2. The molecule has 0 radical (unpaired) electrons. The summed E-state index contributed by atoms with van der Waals surface area (Å²) < 4.78 is 14.6. The molecular weight excluding hydrogens is 519 g/mol. The number of nitrogens with one attached hydrogen (secondary N) is 1. The first-order chi connectivity index (χ1) is 14.9. The van der Waals surface area contributed by atoms with Gasteiger partial charge in [0.05, 0.1) is 16.5 Å². The van der Waals surface area contributed by atoms with Gasteiger partial charge in [0.25, 0.3) is 0 Å². The summed E-state index contributed by atoms with van der Waals surface area (Å²) in [5.74, 6) is -0.920. The third kappa shape index (κ3) is 6.29. The topological polar surface area (TPSA) is 88.1 Å². The van der Waals surface area contributed by atoms with Crippen LogP contribution in [0.2, 0.25) is 13.7 Å². The number of benzene rings is 1. The minimum absolute atomic E-state index is 0.0194. The number of anilines is 1. The van der Waals surface area contributed by atoms with Crippen LogP contribution in [-0.2, 0) is 9.47 Å². The predicted octanol–water partition coefficient (Wildman–Crippen LogP) is 6.70. The summed E-state index contributed by atoms with van der Waals surface area (Å²) in [6.45, 7) is 6.03. The molecule has 1 fully saturated rings. The standard InChI is InChI=1S/C20H21Cl3N2O5S2/c1-20(2,3)30-19(28)25-7-6-11(9-25)29-18(27)12-5-4-10(8-13(12)26)24-32-15-14(21)16(22)31-17(15)23/h4-5,8,11,24,26H,6-7,9H2,1-3H3. The van der Waals surface area contributed by atoms with E-state index >= 15 is 0 Å². The first kappa shape index (κ1) is 25.1. The van der Waals surface area contributed by atoms with Crippen LogP contribution in [0, 0.1) is 0 Å². The van der Waals surface area contributed by atoms with Gasteiger partial charge in [0, 0.05) is 24.7 Å². The van der Waals surface area contributed by atoms with Crippen LogP contribution in [0.5, 0.6) is 5.75 Å². The van der Waals surface area contributed by atoms with Crippen molar-refractivity contribution in [2.24, 2.45) is 0 Å². The number of phenols is 1. The summed E-state index contributed by atoms with van der Waals surface area (Å²) in [7, 11) is 0. The molecule has 2 aromatic rings. The number of esters is 1. The highest BCUT2D eigenvalue weighted by atomic mass is 35.5. The molecule has 1 aliphatic heterocycles. The van der Waals surface area contributed by atoms with E-state index < -0.39 is 23.8 Å². The number of carbonyl (C=O) groups is 2. The summed E-state index contributed by atoms with van der Waals surface area (Å²) >= 11 is 20.5. The van der Waals surface area contributed by atoms with Gasteiger partial charge in [-0.25, -0.2) is 9.59 Å². The van der Waals surface area contributed by atoms with Gasteiger partial charge in [0.2, 0.25) is 0 Å². The number of halogens is 3. The number of amides is 1. The van der Waals surface area contributed by atoms with Gasteiger partial charge in [-0.1, -0.05) is 34.8 Å². The van der Waals surface area contributed by atoms with Crippen molar-refractivity contribution in [2.45, 2.75) is 43.8 Å². The average Bonchev–Trinajstić information content (AvgIpc) is 3.24. The molecule has 1 saturated heterocycles. The fourth-order valence-corrected chi connectivity index (χ4v) is 5.69. The van der Waals surface area contributed by atoms with Crippen molar-refractivity contribution in [3.63, 3.8) is 0 Å². The molecule has 0 aliphatic carbocycles. The molecule has 2 N–H and O–H groups in total. The second-order valence-electron chi connectivity index (χ2n) is 7.97. The summed E-state index contributed by atoms with van der Waals surface area (Å²) in [6, 6.07) is 4.45. The van der Waals surface area contributed by atoms with E-state index in [9.17, 15) is 14.7 Å². The zero-order valence-electron chi connectivity index (χ0n) is 17.4. The number of nitrogens with zero attached hydrogens (tertiary/aromatic N) is 1. The second-order valence-corrected chi connectivity index (χ2v) is 11.4. The smallest absolute Gasteiger partial charge is 0.410 e. The van der Waals surface area contributed by atoms with Crippen LogP contribution in [0.3, 0.4) is 0 Å². The number of hydrogen-bond acceptors (Lipinski definition) is 8. The Morgan fingerprint density at radius 2 is 1.97 bits per heavy atom. The molecule has 0 spiro atoms. The average molecular weight is 540 g/mol. The molecule has 12 heteroatoms. The maximum atomic E-state index is 12.5. The number of phenolic OH excluding ortho intramolecular Hbond substituents is 1. The maximum absolute atomic E-state index is 12.5. The zero-order chi connectivity index (χ0) is 23.6. The molecule has 0 bridgehead atoms. The van der Waals surface area contributed by atoms with Gasteiger partial charge >= 0.3 is 12.1 Å². The maximum Gasteiger partial charge on any atom is 0.410 e. The minimum atomic E-state index is -0.673. The van der Waals surface area contributed by atoms with E-state index in [-0.39, 0.29) is 17.9 Å². The van der Waals surface area contributed by atoms with E-state index in [1.807, 2.05) is 0 Å². The lowest BCUT2D eigenvalue weighted by Gasteiger charge is -2.24. The van der Waals surface area contributed by atoms with Gasteiger partial charge in [-0.2, -0.15) is 0 Å². The summed E-state index contributed by atoms with van der Waals surface area (Å²) in [5, 5.41) is 10.7. The van der Waals surface area contributed by atoms with E-state index in [0.29, 0.717) is 37.2 Å². The highest BCUT2D eigenvalue weighted by molar-refractivity contribution is 8.01. The van der Waals surface area contributed by atoms with E-state index in [1.54, 1.807) is 26.8 Å². The van der Waals surface area contributed by atoms with Gasteiger partial charge in [-0.05, 0) is 44.9 Å². The summed E-state index contributed by atoms with van der Waals surface area (Å²) in [5.41, 5.74) is -0.0562. The molecule has 32 heavy (non-hydrogen) atoms. The van der Waals surface area contributed by atoms with Crippen LogP contribution in [0.4, 0.5) is 10.5 Å². The fourth-order valence-electron chi connectivity index (χ4n) is 2.84. The summed E-state index contributed by atoms with van der Waals surface area (Å²) in [4.78, 5) is 26.7. The van der Waals surface area contributed by atoms with E-state index in [0.717, 1.165) is 23.3 Å². The number of rotatable bonds is 5. The Labute approximate surface area is 209 Å². The molecule has 1 atom stereocenters. The molecule has 7 nitrogen and oxygen atoms in total. The minimum Gasteiger partial charge on any atom is -0.507 e. The molecule has 1 aliphatic rings. The SMILES string of the molecule is CC(C)(C)OC(=O)N1CCC(OC(=O)c2ccc(NSc3c(Cl)sc(Cl)c3Cl)cc2O)C1. The highest BCUT2D eigenvalue weighted by Crippen LogP contribution is 2.45. The quantitative estimate of drug-likeness (QED) is 0.323. The lowest BCUT2D eigenvalue weighted by atomic mass is 10.2. The Hall–Kier alpha value is -1.52. The number of carbonyl (C=O) groups excluding carboxylic acids is 2. The van der Waals surface area contributed by atoms with Crippen molar-refractivity contribution in [3.05, 3.63) is 37.5 Å². The van der Waals surface area contributed by atoms with Crippen molar-refractivity contribution in [3.8, 4) is 5.75 Å². The van der Waals surface area contributed by atoms with Crippen LogP contribution in [0.1, 0.15) is 37.6 Å². The van der Waals surface area contributed by atoms with Crippen molar-refractivity contribution in [1.29, 1.82) is 0 Å². The lowest BCUT2D eigenvalue weighted by Crippen LogP contribution is -2.36. The van der Waals surface area contributed by atoms with Gasteiger partial charge in [-0.3, -0.25) is 0 Å². The van der Waals surface area contributed by atoms with E-state index in [4.69, 9.17) is 44.3 Å². The molecule has 2 heterocycles. The van der Waals surface area contributed by atoms with Crippen molar-refractivity contribution in [1.82, 2.24) is 4.90 Å². The molecule has 1 amide bonds. The van der Waals surface area contributed by atoms with Crippen LogP contribution in [0.25, 0.3) is 0 Å². The van der Waals surface area contributed by atoms with Crippen LogP contribution < -0.4 is 4.72 Å². The van der Waals surface area contributed by atoms with Crippen LogP contribution in [0.15, 0.2) is 23.1 Å². The van der Waals surface area contributed by atoms with Crippen molar-refractivity contribution < 1.29 is 24.2 Å². The van der Waals surface area contributed by atoms with Gasteiger partial charge in [0.15, 0.2) is 0 Å².